The minimum atomic E-state index is -0.399. The van der Waals surface area contributed by atoms with Crippen LogP contribution in [-0.4, -0.2) is 43.5 Å². The number of hydrogen-bond donors (Lipinski definition) is 0. The van der Waals surface area contributed by atoms with E-state index in [1.54, 1.807) is 29.2 Å². The van der Waals surface area contributed by atoms with Crippen molar-refractivity contribution in [1.82, 2.24) is 4.90 Å². The Hall–Kier alpha value is -2.37. The lowest BCUT2D eigenvalue weighted by atomic mass is 10.1. The molecule has 1 fully saturated rings. The molecule has 6 nitrogen and oxygen atoms in total. The van der Waals surface area contributed by atoms with E-state index in [1.807, 2.05) is 0 Å². The fourth-order valence-electron chi connectivity index (χ4n) is 2.33. The van der Waals surface area contributed by atoms with E-state index >= 15 is 0 Å². The number of carbonyl (C=O) groups is 3. The Morgan fingerprint density at radius 2 is 1.86 bits per heavy atom. The molecular weight excluding hydrogens is 274 g/mol. The Morgan fingerprint density at radius 3 is 2.43 bits per heavy atom. The van der Waals surface area contributed by atoms with Gasteiger partial charge in [-0.25, -0.2) is 4.79 Å². The molecular formula is C15H17NO5. The third-order valence-corrected chi connectivity index (χ3v) is 3.50. The van der Waals surface area contributed by atoms with Crippen LogP contribution >= 0.6 is 0 Å². The minimum Gasteiger partial charge on any atom is -0.469 e. The molecule has 21 heavy (non-hydrogen) atoms. The smallest absolute Gasteiger partial charge is 0.337 e. The molecule has 0 bridgehead atoms. The molecule has 0 radical (unpaired) electrons. The van der Waals surface area contributed by atoms with Gasteiger partial charge in [0.25, 0.3) is 0 Å². The normalized spacial score (nSPS) is 17.7. The first-order chi connectivity index (χ1) is 10.0. The van der Waals surface area contributed by atoms with Crippen LogP contribution in [0.3, 0.4) is 0 Å². The second kappa shape index (κ2) is 6.39. The predicted molar refractivity (Wildman–Crippen MR) is 73.3 cm³/mol. The van der Waals surface area contributed by atoms with Crippen LogP contribution in [0.1, 0.15) is 22.3 Å². The zero-order chi connectivity index (χ0) is 15.4. The Labute approximate surface area is 122 Å². The summed E-state index contributed by atoms with van der Waals surface area (Å²) >= 11 is 0. The number of hydrogen-bond acceptors (Lipinski definition) is 5. The Morgan fingerprint density at radius 1 is 1.19 bits per heavy atom. The maximum atomic E-state index is 11.9. The standard InChI is InChI=1S/C15H17NO5/c1-20-14(18)11-5-3-10(4-6-11)8-16-9-12(7-13(16)17)15(19)21-2/h3-6,12H,7-9H2,1-2H3/t12-/m1/s1. The molecule has 0 aliphatic carbocycles. The van der Waals surface area contributed by atoms with Crippen molar-refractivity contribution in [2.45, 2.75) is 13.0 Å². The van der Waals surface area contributed by atoms with Crippen LogP contribution in [0.25, 0.3) is 0 Å². The molecule has 1 aliphatic heterocycles. The van der Waals surface area contributed by atoms with Crippen molar-refractivity contribution < 1.29 is 23.9 Å². The molecule has 0 saturated carbocycles. The highest BCUT2D eigenvalue weighted by molar-refractivity contribution is 5.89. The summed E-state index contributed by atoms with van der Waals surface area (Å²) in [6.07, 6.45) is 0.187. The van der Waals surface area contributed by atoms with Gasteiger partial charge >= 0.3 is 11.9 Å². The predicted octanol–water partition coefficient (Wildman–Crippen LogP) is 0.995. The quantitative estimate of drug-likeness (QED) is 0.774. The van der Waals surface area contributed by atoms with Gasteiger partial charge < -0.3 is 14.4 Å². The first kappa shape index (κ1) is 15.0. The van der Waals surface area contributed by atoms with Crippen molar-refractivity contribution >= 4 is 17.8 Å². The lowest BCUT2D eigenvalue weighted by Gasteiger charge is -2.16. The van der Waals surface area contributed by atoms with Crippen LogP contribution in [0.15, 0.2) is 24.3 Å². The molecule has 1 aromatic rings. The first-order valence-corrected chi connectivity index (χ1v) is 6.58. The highest BCUT2D eigenvalue weighted by Gasteiger charge is 2.34. The number of ether oxygens (including phenoxy) is 2. The van der Waals surface area contributed by atoms with Crippen LogP contribution in [-0.2, 0) is 25.6 Å². The number of esters is 2. The molecule has 1 aromatic carbocycles. The van der Waals surface area contributed by atoms with E-state index in [-0.39, 0.29) is 18.3 Å². The van der Waals surface area contributed by atoms with Gasteiger partial charge in [-0.1, -0.05) is 12.1 Å². The Balaban J connectivity index is 2.00. The number of benzene rings is 1. The number of carbonyl (C=O) groups excluding carboxylic acids is 3. The van der Waals surface area contributed by atoms with Gasteiger partial charge in [0.2, 0.25) is 5.91 Å². The molecule has 1 saturated heterocycles. The molecule has 1 atom stereocenters. The largest absolute Gasteiger partial charge is 0.469 e. The van der Waals surface area contributed by atoms with Crippen molar-refractivity contribution in [3.63, 3.8) is 0 Å². The summed E-state index contributed by atoms with van der Waals surface area (Å²) in [6.45, 7) is 0.776. The third kappa shape index (κ3) is 3.39. The van der Waals surface area contributed by atoms with Crippen LogP contribution in [0.2, 0.25) is 0 Å². The van der Waals surface area contributed by atoms with Gasteiger partial charge in [-0.2, -0.15) is 0 Å². The highest BCUT2D eigenvalue weighted by atomic mass is 16.5. The van der Waals surface area contributed by atoms with E-state index in [4.69, 9.17) is 0 Å². The number of rotatable bonds is 4. The fraction of sp³-hybridized carbons (Fsp3) is 0.400. The Bertz CT molecular complexity index is 552. The lowest BCUT2D eigenvalue weighted by Crippen LogP contribution is -2.26. The summed E-state index contributed by atoms with van der Waals surface area (Å²) in [4.78, 5) is 36.3. The number of nitrogens with zero attached hydrogens (tertiary/aromatic N) is 1. The summed E-state index contributed by atoms with van der Waals surface area (Å²) in [5, 5.41) is 0. The highest BCUT2D eigenvalue weighted by Crippen LogP contribution is 2.21. The maximum absolute atomic E-state index is 11.9. The van der Waals surface area contributed by atoms with Crippen molar-refractivity contribution in [1.29, 1.82) is 0 Å². The zero-order valence-electron chi connectivity index (χ0n) is 12.0. The molecule has 1 aliphatic rings. The van der Waals surface area contributed by atoms with Crippen molar-refractivity contribution in [2.75, 3.05) is 20.8 Å². The van der Waals surface area contributed by atoms with Crippen molar-refractivity contribution in [3.05, 3.63) is 35.4 Å². The molecule has 2 rings (SSSR count). The molecule has 0 spiro atoms. The van der Waals surface area contributed by atoms with Gasteiger partial charge in [0, 0.05) is 19.5 Å². The fourth-order valence-corrected chi connectivity index (χ4v) is 2.33. The van der Waals surface area contributed by atoms with Crippen LogP contribution < -0.4 is 0 Å². The molecule has 1 heterocycles. The van der Waals surface area contributed by atoms with E-state index in [2.05, 4.69) is 9.47 Å². The number of likely N-dealkylation sites (tertiary alicyclic amines) is 1. The van der Waals surface area contributed by atoms with Gasteiger partial charge in [-0.3, -0.25) is 9.59 Å². The van der Waals surface area contributed by atoms with Gasteiger partial charge in [-0.15, -0.1) is 0 Å². The first-order valence-electron chi connectivity index (χ1n) is 6.58. The van der Waals surface area contributed by atoms with Crippen molar-refractivity contribution in [3.8, 4) is 0 Å². The second-order valence-electron chi connectivity index (χ2n) is 4.89. The topological polar surface area (TPSA) is 72.9 Å². The van der Waals surface area contributed by atoms with E-state index in [0.717, 1.165) is 5.56 Å². The molecule has 112 valence electrons. The molecule has 6 heteroatoms. The third-order valence-electron chi connectivity index (χ3n) is 3.50. The molecule has 1 amide bonds. The summed E-state index contributed by atoms with van der Waals surface area (Å²) in [5.41, 5.74) is 1.35. The number of methoxy groups -OCH3 is 2. The van der Waals surface area contributed by atoms with Crippen LogP contribution in [0, 0.1) is 5.92 Å². The Kier molecular flexibility index (Phi) is 4.57. The zero-order valence-corrected chi connectivity index (χ0v) is 12.0. The molecule has 0 aromatic heterocycles. The van der Waals surface area contributed by atoms with Gasteiger partial charge in [0.05, 0.1) is 25.7 Å². The van der Waals surface area contributed by atoms with Crippen LogP contribution in [0.5, 0.6) is 0 Å². The minimum absolute atomic E-state index is 0.0672. The summed E-state index contributed by atoms with van der Waals surface area (Å²) in [5.74, 6) is -1.21. The second-order valence-corrected chi connectivity index (χ2v) is 4.89. The van der Waals surface area contributed by atoms with E-state index in [0.29, 0.717) is 18.7 Å². The molecule has 0 unspecified atom stereocenters. The summed E-state index contributed by atoms with van der Waals surface area (Å²) in [6, 6.07) is 6.84. The average Bonchev–Trinajstić information content (AvgIpc) is 2.87. The summed E-state index contributed by atoms with van der Waals surface area (Å²) < 4.78 is 9.29. The maximum Gasteiger partial charge on any atom is 0.337 e. The van der Waals surface area contributed by atoms with Crippen LogP contribution in [0.4, 0.5) is 0 Å². The molecule has 0 N–H and O–H groups in total. The van der Waals surface area contributed by atoms with E-state index < -0.39 is 11.9 Å². The van der Waals surface area contributed by atoms with E-state index in [9.17, 15) is 14.4 Å². The van der Waals surface area contributed by atoms with Crippen molar-refractivity contribution in [2.24, 2.45) is 5.92 Å². The van der Waals surface area contributed by atoms with Gasteiger partial charge in [0.15, 0.2) is 0 Å². The monoisotopic (exact) mass is 291 g/mol. The van der Waals surface area contributed by atoms with E-state index in [1.165, 1.54) is 14.2 Å². The van der Waals surface area contributed by atoms with Gasteiger partial charge in [0.1, 0.15) is 0 Å². The number of amides is 1. The lowest BCUT2D eigenvalue weighted by molar-refractivity contribution is -0.145. The SMILES string of the molecule is COC(=O)c1ccc(CN2C[C@H](C(=O)OC)CC2=O)cc1. The summed E-state index contributed by atoms with van der Waals surface area (Å²) in [7, 11) is 2.65. The average molecular weight is 291 g/mol. The van der Waals surface area contributed by atoms with Gasteiger partial charge in [-0.05, 0) is 17.7 Å².